The summed E-state index contributed by atoms with van der Waals surface area (Å²) in [4.78, 5) is 14.8. The van der Waals surface area contributed by atoms with E-state index in [2.05, 4.69) is 18.9 Å². The van der Waals surface area contributed by atoms with E-state index in [1.54, 1.807) is 0 Å². The molecule has 1 aromatic carbocycles. The molecule has 0 aliphatic carbocycles. The summed E-state index contributed by atoms with van der Waals surface area (Å²) >= 11 is 0. The van der Waals surface area contributed by atoms with Crippen LogP contribution in [0.1, 0.15) is 43.4 Å². The molecule has 0 bridgehead atoms. The largest absolute Gasteiger partial charge is 0.489 e. The number of likely N-dealkylation sites (tertiary alicyclic amines) is 1. The average molecular weight is 341 g/mol. The minimum absolute atomic E-state index is 0.0551. The van der Waals surface area contributed by atoms with Crippen molar-refractivity contribution in [3.05, 3.63) is 47.8 Å². The molecule has 1 aromatic heterocycles. The predicted octanol–water partition coefficient (Wildman–Crippen LogP) is 3.40. The summed E-state index contributed by atoms with van der Waals surface area (Å²) in [6.07, 6.45) is 1.81. The molecule has 0 spiro atoms. The smallest absolute Gasteiger partial charge is 0.272 e. The van der Waals surface area contributed by atoms with E-state index in [0.29, 0.717) is 24.7 Å². The molecular weight excluding hydrogens is 314 g/mol. The summed E-state index contributed by atoms with van der Waals surface area (Å²) in [5, 5.41) is 4.59. The molecule has 0 N–H and O–H groups in total. The van der Waals surface area contributed by atoms with Crippen molar-refractivity contribution in [1.29, 1.82) is 0 Å². The topological polar surface area (TPSA) is 47.4 Å². The summed E-state index contributed by atoms with van der Waals surface area (Å²) in [6.45, 7) is 8.41. The van der Waals surface area contributed by atoms with Crippen LogP contribution < -0.4 is 4.74 Å². The van der Waals surface area contributed by atoms with Gasteiger partial charge in [-0.05, 0) is 37.5 Å². The van der Waals surface area contributed by atoms with E-state index in [1.807, 2.05) is 52.9 Å². The number of para-hydroxylation sites is 1. The number of nitrogens with zero attached hydrogens (tertiary/aromatic N) is 3. The van der Waals surface area contributed by atoms with Crippen molar-refractivity contribution in [2.75, 3.05) is 13.1 Å². The van der Waals surface area contributed by atoms with E-state index < -0.39 is 0 Å². The highest BCUT2D eigenvalue weighted by Gasteiger charge is 2.30. The number of carbonyl (C=O) groups is 1. The Bertz CT molecular complexity index is 709. The van der Waals surface area contributed by atoms with E-state index in [-0.39, 0.29) is 12.0 Å². The molecule has 2 aromatic rings. The van der Waals surface area contributed by atoms with Crippen LogP contribution in [0.15, 0.2) is 36.4 Å². The highest BCUT2D eigenvalue weighted by atomic mass is 16.5. The van der Waals surface area contributed by atoms with Gasteiger partial charge in [0.2, 0.25) is 0 Å². The van der Waals surface area contributed by atoms with Gasteiger partial charge in [-0.3, -0.25) is 9.48 Å². The number of hydrogen-bond acceptors (Lipinski definition) is 3. The van der Waals surface area contributed by atoms with Crippen LogP contribution >= 0.6 is 0 Å². The monoisotopic (exact) mass is 341 g/mol. The van der Waals surface area contributed by atoms with Gasteiger partial charge in [0.25, 0.3) is 5.91 Å². The lowest BCUT2D eigenvalue weighted by Gasteiger charge is -2.17. The van der Waals surface area contributed by atoms with Gasteiger partial charge in [-0.2, -0.15) is 5.10 Å². The second-order valence-corrected chi connectivity index (χ2v) is 7.03. The Hall–Kier alpha value is -2.30. The molecule has 2 heterocycles. The SMILES string of the molecule is CCn1nc(CC(C)C)cc1C(=O)N1CCC(Oc2ccccc2)C1. The van der Waals surface area contributed by atoms with Crippen molar-refractivity contribution >= 4 is 5.91 Å². The molecule has 5 heteroatoms. The first-order valence-corrected chi connectivity index (χ1v) is 9.14. The fourth-order valence-corrected chi connectivity index (χ4v) is 3.26. The molecule has 1 atom stereocenters. The lowest BCUT2D eigenvalue weighted by atomic mass is 10.1. The Labute approximate surface area is 149 Å². The zero-order chi connectivity index (χ0) is 17.8. The van der Waals surface area contributed by atoms with Gasteiger partial charge in [0.15, 0.2) is 0 Å². The van der Waals surface area contributed by atoms with Gasteiger partial charge >= 0.3 is 0 Å². The molecular formula is C20H27N3O2. The highest BCUT2D eigenvalue weighted by molar-refractivity contribution is 5.93. The second kappa shape index (κ2) is 7.72. The van der Waals surface area contributed by atoms with Crippen LogP contribution in [0.25, 0.3) is 0 Å². The number of carbonyl (C=O) groups excluding carboxylic acids is 1. The van der Waals surface area contributed by atoms with Crippen molar-refractivity contribution < 1.29 is 9.53 Å². The van der Waals surface area contributed by atoms with E-state index in [1.165, 1.54) is 0 Å². The molecule has 0 radical (unpaired) electrons. The van der Waals surface area contributed by atoms with E-state index in [9.17, 15) is 4.79 Å². The average Bonchev–Trinajstić information content (AvgIpc) is 3.21. The quantitative estimate of drug-likeness (QED) is 0.809. The predicted molar refractivity (Wildman–Crippen MR) is 97.8 cm³/mol. The number of aryl methyl sites for hydroxylation is 1. The zero-order valence-electron chi connectivity index (χ0n) is 15.3. The molecule has 1 aliphatic heterocycles. The molecule has 25 heavy (non-hydrogen) atoms. The fourth-order valence-electron chi connectivity index (χ4n) is 3.26. The van der Waals surface area contributed by atoms with Gasteiger partial charge in [0.1, 0.15) is 17.5 Å². The molecule has 1 aliphatic rings. The van der Waals surface area contributed by atoms with Crippen molar-refractivity contribution in [2.24, 2.45) is 5.92 Å². The summed E-state index contributed by atoms with van der Waals surface area (Å²) in [7, 11) is 0. The van der Waals surface area contributed by atoms with Gasteiger partial charge < -0.3 is 9.64 Å². The minimum Gasteiger partial charge on any atom is -0.489 e. The van der Waals surface area contributed by atoms with E-state index >= 15 is 0 Å². The maximum Gasteiger partial charge on any atom is 0.272 e. The number of benzene rings is 1. The van der Waals surface area contributed by atoms with Crippen molar-refractivity contribution in [3.8, 4) is 5.75 Å². The Morgan fingerprint density at radius 1 is 1.32 bits per heavy atom. The van der Waals surface area contributed by atoms with E-state index in [0.717, 1.165) is 30.8 Å². The number of amides is 1. The highest BCUT2D eigenvalue weighted by Crippen LogP contribution is 2.20. The number of hydrogen-bond donors (Lipinski definition) is 0. The summed E-state index contributed by atoms with van der Waals surface area (Å²) in [5.41, 5.74) is 1.69. The van der Waals surface area contributed by atoms with Crippen LogP contribution in [0.3, 0.4) is 0 Å². The third-order valence-corrected chi connectivity index (χ3v) is 4.44. The fraction of sp³-hybridized carbons (Fsp3) is 0.500. The molecule has 134 valence electrons. The van der Waals surface area contributed by atoms with Gasteiger partial charge in [-0.25, -0.2) is 0 Å². The van der Waals surface area contributed by atoms with Crippen LogP contribution in [-0.2, 0) is 13.0 Å². The van der Waals surface area contributed by atoms with Crippen LogP contribution in [-0.4, -0.2) is 39.8 Å². The standard InChI is InChI=1S/C20H27N3O2/c1-4-23-19(13-16(21-23)12-15(2)3)20(24)22-11-10-18(14-22)25-17-8-6-5-7-9-17/h5-9,13,15,18H,4,10-12,14H2,1-3H3. The van der Waals surface area contributed by atoms with Crippen molar-refractivity contribution in [1.82, 2.24) is 14.7 Å². The molecule has 1 saturated heterocycles. The van der Waals surface area contributed by atoms with Gasteiger partial charge in [0.05, 0.1) is 12.2 Å². The van der Waals surface area contributed by atoms with E-state index in [4.69, 9.17) is 4.74 Å². The normalized spacial score (nSPS) is 17.3. The molecule has 5 nitrogen and oxygen atoms in total. The Morgan fingerprint density at radius 3 is 2.76 bits per heavy atom. The van der Waals surface area contributed by atoms with Crippen molar-refractivity contribution in [2.45, 2.75) is 46.3 Å². The zero-order valence-corrected chi connectivity index (χ0v) is 15.3. The molecule has 1 fully saturated rings. The first kappa shape index (κ1) is 17.5. The van der Waals surface area contributed by atoms with Crippen LogP contribution in [0.4, 0.5) is 0 Å². The molecule has 3 rings (SSSR count). The van der Waals surface area contributed by atoms with Crippen LogP contribution in [0, 0.1) is 5.92 Å². The number of rotatable bonds is 6. The molecule has 1 unspecified atom stereocenters. The Kier molecular flexibility index (Phi) is 5.41. The van der Waals surface area contributed by atoms with Crippen molar-refractivity contribution in [3.63, 3.8) is 0 Å². The summed E-state index contributed by atoms with van der Waals surface area (Å²) in [5.74, 6) is 1.45. The second-order valence-electron chi connectivity index (χ2n) is 7.03. The van der Waals surface area contributed by atoms with Gasteiger partial charge in [-0.15, -0.1) is 0 Å². The lowest BCUT2D eigenvalue weighted by molar-refractivity contribution is 0.0760. The van der Waals surface area contributed by atoms with Gasteiger partial charge in [-0.1, -0.05) is 32.0 Å². The first-order chi connectivity index (χ1) is 12.1. The number of ether oxygens (including phenoxy) is 1. The Balaban J connectivity index is 1.66. The lowest BCUT2D eigenvalue weighted by Crippen LogP contribution is -2.32. The molecule has 1 amide bonds. The summed E-state index contributed by atoms with van der Waals surface area (Å²) in [6, 6.07) is 11.8. The van der Waals surface area contributed by atoms with Crippen LogP contribution in [0.5, 0.6) is 5.75 Å². The number of aromatic nitrogens is 2. The molecule has 0 saturated carbocycles. The maximum atomic E-state index is 12.9. The maximum absolute atomic E-state index is 12.9. The first-order valence-electron chi connectivity index (χ1n) is 9.14. The Morgan fingerprint density at radius 2 is 2.08 bits per heavy atom. The third-order valence-electron chi connectivity index (χ3n) is 4.44. The third kappa shape index (κ3) is 4.21. The summed E-state index contributed by atoms with van der Waals surface area (Å²) < 4.78 is 7.81. The van der Waals surface area contributed by atoms with Crippen LogP contribution in [0.2, 0.25) is 0 Å². The van der Waals surface area contributed by atoms with Gasteiger partial charge in [0, 0.05) is 19.5 Å². The minimum atomic E-state index is 0.0551.